The lowest BCUT2D eigenvalue weighted by atomic mass is 9.96. The molecule has 0 radical (unpaired) electrons. The summed E-state index contributed by atoms with van der Waals surface area (Å²) < 4.78 is 0. The molecule has 0 spiro atoms. The average Bonchev–Trinajstić information content (AvgIpc) is 2.40. The molecule has 0 bridgehead atoms. The molecule has 1 aliphatic heterocycles. The molecular formula is C14H23N3. The van der Waals surface area contributed by atoms with Crippen LogP contribution in [0.3, 0.4) is 0 Å². The van der Waals surface area contributed by atoms with E-state index in [2.05, 4.69) is 41.3 Å². The van der Waals surface area contributed by atoms with Gasteiger partial charge in [0, 0.05) is 25.0 Å². The van der Waals surface area contributed by atoms with Crippen LogP contribution in [-0.2, 0) is 0 Å². The zero-order valence-electron chi connectivity index (χ0n) is 10.9. The van der Waals surface area contributed by atoms with Gasteiger partial charge in [-0.15, -0.1) is 0 Å². The zero-order chi connectivity index (χ0) is 12.1. The maximum atomic E-state index is 4.08. The topological polar surface area (TPSA) is 28.2 Å². The molecule has 0 saturated carbocycles. The van der Waals surface area contributed by atoms with Crippen molar-refractivity contribution < 1.29 is 0 Å². The van der Waals surface area contributed by atoms with E-state index < -0.39 is 0 Å². The largest absolute Gasteiger partial charge is 0.317 e. The van der Waals surface area contributed by atoms with Gasteiger partial charge in [-0.05, 0) is 63.5 Å². The summed E-state index contributed by atoms with van der Waals surface area (Å²) in [7, 11) is 2.23. The van der Waals surface area contributed by atoms with Gasteiger partial charge in [-0.2, -0.15) is 0 Å². The molecular weight excluding hydrogens is 210 g/mol. The molecule has 0 aliphatic carbocycles. The van der Waals surface area contributed by atoms with Crippen molar-refractivity contribution in [3.63, 3.8) is 0 Å². The van der Waals surface area contributed by atoms with Crippen LogP contribution >= 0.6 is 0 Å². The Morgan fingerprint density at radius 1 is 1.35 bits per heavy atom. The SMILES string of the molecule is CC(c1ccncc1)N(C)CC1CCNCC1. The Kier molecular flexibility index (Phi) is 4.51. The molecule has 3 heteroatoms. The van der Waals surface area contributed by atoms with Gasteiger partial charge in [0.25, 0.3) is 0 Å². The molecule has 1 unspecified atom stereocenters. The predicted molar refractivity (Wildman–Crippen MR) is 70.9 cm³/mol. The monoisotopic (exact) mass is 233 g/mol. The molecule has 1 aromatic heterocycles. The van der Waals surface area contributed by atoms with Crippen LogP contribution in [-0.4, -0.2) is 36.6 Å². The maximum Gasteiger partial charge on any atom is 0.0318 e. The normalized spacial score (nSPS) is 19.5. The van der Waals surface area contributed by atoms with Gasteiger partial charge in [0.2, 0.25) is 0 Å². The number of piperidine rings is 1. The Balaban J connectivity index is 1.88. The summed E-state index contributed by atoms with van der Waals surface area (Å²) in [6.45, 7) is 5.84. The molecule has 17 heavy (non-hydrogen) atoms. The molecule has 1 fully saturated rings. The minimum absolute atomic E-state index is 0.480. The van der Waals surface area contributed by atoms with E-state index in [1.54, 1.807) is 0 Å². The Bertz CT molecular complexity index is 319. The van der Waals surface area contributed by atoms with Crippen LogP contribution in [0.15, 0.2) is 24.5 Å². The number of pyridine rings is 1. The van der Waals surface area contributed by atoms with Crippen molar-refractivity contribution in [2.75, 3.05) is 26.7 Å². The standard InChI is InChI=1S/C14H23N3/c1-12(14-5-9-16-10-6-14)17(2)11-13-3-7-15-8-4-13/h5-6,9-10,12-13,15H,3-4,7-8,11H2,1-2H3. The van der Waals surface area contributed by atoms with Crippen molar-refractivity contribution in [2.24, 2.45) is 5.92 Å². The van der Waals surface area contributed by atoms with Gasteiger partial charge < -0.3 is 5.32 Å². The first kappa shape index (κ1) is 12.5. The molecule has 0 aromatic carbocycles. The van der Waals surface area contributed by atoms with Gasteiger partial charge >= 0.3 is 0 Å². The van der Waals surface area contributed by atoms with Gasteiger partial charge in [0.05, 0.1) is 0 Å². The Labute approximate surface area is 104 Å². The summed E-state index contributed by atoms with van der Waals surface area (Å²) in [5.41, 5.74) is 1.36. The molecule has 1 aliphatic rings. The van der Waals surface area contributed by atoms with Crippen LogP contribution in [0.4, 0.5) is 0 Å². The van der Waals surface area contributed by atoms with Crippen molar-refractivity contribution in [1.29, 1.82) is 0 Å². The van der Waals surface area contributed by atoms with E-state index in [9.17, 15) is 0 Å². The molecule has 1 N–H and O–H groups in total. The third-order valence-electron chi connectivity index (χ3n) is 3.85. The van der Waals surface area contributed by atoms with Crippen LogP contribution < -0.4 is 5.32 Å². The number of hydrogen-bond acceptors (Lipinski definition) is 3. The van der Waals surface area contributed by atoms with Crippen LogP contribution in [0.1, 0.15) is 31.4 Å². The number of aromatic nitrogens is 1. The molecule has 1 saturated heterocycles. The first-order valence-corrected chi connectivity index (χ1v) is 6.58. The molecule has 0 amide bonds. The highest BCUT2D eigenvalue weighted by Gasteiger charge is 2.18. The lowest BCUT2D eigenvalue weighted by Crippen LogP contribution is -2.35. The smallest absolute Gasteiger partial charge is 0.0318 e. The predicted octanol–water partition coefficient (Wildman–Crippen LogP) is 2.07. The van der Waals surface area contributed by atoms with Crippen LogP contribution in [0.5, 0.6) is 0 Å². The quantitative estimate of drug-likeness (QED) is 0.863. The Morgan fingerprint density at radius 2 is 2.00 bits per heavy atom. The minimum Gasteiger partial charge on any atom is -0.317 e. The van der Waals surface area contributed by atoms with Crippen LogP contribution in [0, 0.1) is 5.92 Å². The van der Waals surface area contributed by atoms with Gasteiger partial charge in [0.1, 0.15) is 0 Å². The average molecular weight is 233 g/mol. The Hall–Kier alpha value is -0.930. The highest BCUT2D eigenvalue weighted by atomic mass is 15.1. The zero-order valence-corrected chi connectivity index (χ0v) is 10.9. The Morgan fingerprint density at radius 3 is 2.65 bits per heavy atom. The van der Waals surface area contributed by atoms with E-state index >= 15 is 0 Å². The van der Waals surface area contributed by atoms with Crippen molar-refractivity contribution in [1.82, 2.24) is 15.2 Å². The molecule has 1 atom stereocenters. The number of rotatable bonds is 4. The first-order valence-electron chi connectivity index (χ1n) is 6.58. The summed E-state index contributed by atoms with van der Waals surface area (Å²) in [6.07, 6.45) is 6.38. The van der Waals surface area contributed by atoms with Crippen molar-refractivity contribution in [2.45, 2.75) is 25.8 Å². The number of hydrogen-bond donors (Lipinski definition) is 1. The van der Waals surface area contributed by atoms with E-state index in [0.717, 1.165) is 5.92 Å². The fourth-order valence-corrected chi connectivity index (χ4v) is 2.53. The highest BCUT2D eigenvalue weighted by molar-refractivity contribution is 5.14. The summed E-state index contributed by atoms with van der Waals surface area (Å²) in [4.78, 5) is 6.54. The van der Waals surface area contributed by atoms with E-state index in [-0.39, 0.29) is 0 Å². The highest BCUT2D eigenvalue weighted by Crippen LogP contribution is 2.21. The lowest BCUT2D eigenvalue weighted by Gasteiger charge is -2.31. The summed E-state index contributed by atoms with van der Waals surface area (Å²) in [5.74, 6) is 0.852. The van der Waals surface area contributed by atoms with Gasteiger partial charge in [-0.3, -0.25) is 9.88 Å². The van der Waals surface area contributed by atoms with Gasteiger partial charge in [-0.1, -0.05) is 0 Å². The molecule has 94 valence electrons. The van der Waals surface area contributed by atoms with Crippen molar-refractivity contribution >= 4 is 0 Å². The third-order valence-corrected chi connectivity index (χ3v) is 3.85. The number of nitrogens with zero attached hydrogens (tertiary/aromatic N) is 2. The first-order chi connectivity index (χ1) is 8.27. The third kappa shape index (κ3) is 3.51. The second kappa shape index (κ2) is 6.12. The molecule has 2 rings (SSSR count). The molecule has 3 nitrogen and oxygen atoms in total. The van der Waals surface area contributed by atoms with E-state index in [1.807, 2.05) is 12.4 Å². The van der Waals surface area contributed by atoms with E-state index in [4.69, 9.17) is 0 Å². The molecule has 2 heterocycles. The maximum absolute atomic E-state index is 4.08. The fourth-order valence-electron chi connectivity index (χ4n) is 2.53. The fraction of sp³-hybridized carbons (Fsp3) is 0.643. The summed E-state index contributed by atoms with van der Waals surface area (Å²) in [6, 6.07) is 4.71. The van der Waals surface area contributed by atoms with Crippen molar-refractivity contribution in [3.8, 4) is 0 Å². The van der Waals surface area contributed by atoms with Crippen LogP contribution in [0.25, 0.3) is 0 Å². The van der Waals surface area contributed by atoms with Crippen LogP contribution in [0.2, 0.25) is 0 Å². The number of nitrogens with one attached hydrogen (secondary N) is 1. The second-order valence-electron chi connectivity index (χ2n) is 5.09. The lowest BCUT2D eigenvalue weighted by molar-refractivity contribution is 0.196. The second-order valence-corrected chi connectivity index (χ2v) is 5.09. The molecule has 1 aromatic rings. The van der Waals surface area contributed by atoms with E-state index in [1.165, 1.54) is 38.0 Å². The van der Waals surface area contributed by atoms with Gasteiger partial charge in [-0.25, -0.2) is 0 Å². The minimum atomic E-state index is 0.480. The van der Waals surface area contributed by atoms with Gasteiger partial charge in [0.15, 0.2) is 0 Å². The van der Waals surface area contributed by atoms with Crippen molar-refractivity contribution in [3.05, 3.63) is 30.1 Å². The van der Waals surface area contributed by atoms with E-state index in [0.29, 0.717) is 6.04 Å². The summed E-state index contributed by atoms with van der Waals surface area (Å²) >= 11 is 0. The summed E-state index contributed by atoms with van der Waals surface area (Å²) in [5, 5.41) is 3.42.